The van der Waals surface area contributed by atoms with Crippen LogP contribution in [-0.2, 0) is 19.6 Å². The molecule has 0 unspecified atom stereocenters. The number of ether oxygens (including phenoxy) is 1. The molecule has 0 radical (unpaired) electrons. The zero-order chi connectivity index (χ0) is 18.2. The number of carbonyl (C=O) groups is 1. The van der Waals surface area contributed by atoms with Gasteiger partial charge in [0.15, 0.2) is 0 Å². The van der Waals surface area contributed by atoms with Gasteiger partial charge in [-0.25, -0.2) is 8.42 Å². The van der Waals surface area contributed by atoms with Crippen LogP contribution in [0.5, 0.6) is 0 Å². The first-order chi connectivity index (χ1) is 11.7. The first kappa shape index (κ1) is 17.4. The van der Waals surface area contributed by atoms with Crippen LogP contribution in [0, 0.1) is 0 Å². The maximum atomic E-state index is 12.5. The van der Waals surface area contributed by atoms with Gasteiger partial charge in [0, 0.05) is 10.8 Å². The molecule has 3 aromatic rings. The molecule has 0 fully saturated rings. The first-order valence-electron chi connectivity index (χ1n) is 7.78. The number of rotatable bonds is 4. The Morgan fingerprint density at radius 1 is 1.08 bits per heavy atom. The zero-order valence-electron chi connectivity index (χ0n) is 14.2. The molecule has 0 saturated carbocycles. The van der Waals surface area contributed by atoms with Crippen molar-refractivity contribution in [2.75, 3.05) is 6.54 Å². The number of esters is 1. The minimum absolute atomic E-state index is 0.0649. The van der Waals surface area contributed by atoms with Crippen LogP contribution in [0.15, 0.2) is 51.8 Å². The number of carbonyl (C=O) groups excluding carboxylic acids is 1. The average Bonchev–Trinajstić information content (AvgIpc) is 2.89. The molecule has 6 nitrogen and oxygen atoms in total. The molecule has 1 N–H and O–H groups in total. The van der Waals surface area contributed by atoms with E-state index in [1.165, 1.54) is 6.07 Å². The van der Waals surface area contributed by atoms with E-state index in [1.807, 2.05) is 24.3 Å². The molecular weight excluding hydrogens is 342 g/mol. The van der Waals surface area contributed by atoms with E-state index < -0.39 is 28.1 Å². The summed E-state index contributed by atoms with van der Waals surface area (Å²) in [4.78, 5) is 11.8. The second kappa shape index (κ2) is 6.16. The molecule has 0 aliphatic heterocycles. The van der Waals surface area contributed by atoms with E-state index in [9.17, 15) is 13.2 Å². The normalized spacial score (nSPS) is 12.6. The molecule has 0 aliphatic carbocycles. The smallest absolute Gasteiger partial charge is 0.321 e. The van der Waals surface area contributed by atoms with E-state index in [1.54, 1.807) is 32.9 Å². The Morgan fingerprint density at radius 3 is 2.48 bits per heavy atom. The Bertz CT molecular complexity index is 1040. The first-order valence-corrected chi connectivity index (χ1v) is 9.27. The van der Waals surface area contributed by atoms with E-state index in [2.05, 4.69) is 4.72 Å². The highest BCUT2D eigenvalue weighted by Gasteiger charge is 2.21. The number of nitrogens with one attached hydrogen (secondary N) is 1. The predicted octanol–water partition coefficient (Wildman–Crippen LogP) is 3.21. The van der Waals surface area contributed by atoms with Crippen LogP contribution in [0.4, 0.5) is 0 Å². The van der Waals surface area contributed by atoms with Crippen LogP contribution >= 0.6 is 0 Å². The lowest BCUT2D eigenvalue weighted by Crippen LogP contribution is -2.34. The lowest BCUT2D eigenvalue weighted by molar-refractivity contribution is -0.153. The summed E-state index contributed by atoms with van der Waals surface area (Å²) >= 11 is 0. The summed E-state index contributed by atoms with van der Waals surface area (Å²) < 4.78 is 38.0. The summed E-state index contributed by atoms with van der Waals surface area (Å²) in [6, 6.07) is 12.0. The van der Waals surface area contributed by atoms with Gasteiger partial charge < -0.3 is 9.15 Å². The Balaban J connectivity index is 1.87. The lowest BCUT2D eigenvalue weighted by Gasteiger charge is -2.19. The molecule has 7 heteroatoms. The third kappa shape index (κ3) is 3.83. The van der Waals surface area contributed by atoms with Gasteiger partial charge in [-0.05, 0) is 45.0 Å². The standard InChI is InChI=1S/C18H19NO5S/c1-18(2,3)24-17(20)11-19-25(21,22)12-8-9-16-14(10-12)13-6-4-5-7-15(13)23-16/h4-10,19H,11H2,1-3H3. The fraction of sp³-hybridized carbons (Fsp3) is 0.278. The van der Waals surface area contributed by atoms with Crippen LogP contribution in [0.25, 0.3) is 21.9 Å². The molecule has 0 aliphatic rings. The number of sulfonamides is 1. The zero-order valence-corrected chi connectivity index (χ0v) is 15.0. The van der Waals surface area contributed by atoms with E-state index in [0.717, 1.165) is 5.39 Å². The molecule has 132 valence electrons. The van der Waals surface area contributed by atoms with Gasteiger partial charge in [0.05, 0.1) is 4.90 Å². The maximum Gasteiger partial charge on any atom is 0.321 e. The number of furan rings is 1. The third-order valence-electron chi connectivity index (χ3n) is 3.49. The number of hydrogen-bond acceptors (Lipinski definition) is 5. The minimum atomic E-state index is -3.84. The molecule has 2 aromatic carbocycles. The fourth-order valence-corrected chi connectivity index (χ4v) is 3.48. The molecule has 0 amide bonds. The van der Waals surface area contributed by atoms with Gasteiger partial charge in [0.1, 0.15) is 23.3 Å². The van der Waals surface area contributed by atoms with Crippen molar-refractivity contribution in [2.24, 2.45) is 0 Å². The lowest BCUT2D eigenvalue weighted by atomic mass is 10.1. The molecule has 0 bridgehead atoms. The number of fused-ring (bicyclic) bond motifs is 3. The van der Waals surface area contributed by atoms with Crippen LogP contribution in [0.3, 0.4) is 0 Å². The summed E-state index contributed by atoms with van der Waals surface area (Å²) in [5, 5.41) is 1.54. The van der Waals surface area contributed by atoms with Gasteiger partial charge in [0.2, 0.25) is 10.0 Å². The van der Waals surface area contributed by atoms with Gasteiger partial charge in [-0.2, -0.15) is 4.72 Å². The van der Waals surface area contributed by atoms with E-state index >= 15 is 0 Å². The largest absolute Gasteiger partial charge is 0.459 e. The summed E-state index contributed by atoms with van der Waals surface area (Å²) in [7, 11) is -3.84. The topological polar surface area (TPSA) is 85.6 Å². The monoisotopic (exact) mass is 361 g/mol. The summed E-state index contributed by atoms with van der Waals surface area (Å²) in [5.41, 5.74) is 0.623. The van der Waals surface area contributed by atoms with Gasteiger partial charge in [-0.1, -0.05) is 18.2 Å². The Morgan fingerprint density at radius 2 is 1.76 bits per heavy atom. The van der Waals surface area contributed by atoms with E-state index in [0.29, 0.717) is 16.6 Å². The van der Waals surface area contributed by atoms with Crippen LogP contribution in [0.2, 0.25) is 0 Å². The van der Waals surface area contributed by atoms with Crippen molar-refractivity contribution in [3.05, 3.63) is 42.5 Å². The van der Waals surface area contributed by atoms with Crippen molar-refractivity contribution in [3.63, 3.8) is 0 Å². The van der Waals surface area contributed by atoms with Crippen molar-refractivity contribution in [1.82, 2.24) is 4.72 Å². The quantitative estimate of drug-likeness (QED) is 0.721. The minimum Gasteiger partial charge on any atom is -0.459 e. The molecule has 3 rings (SSSR count). The van der Waals surface area contributed by atoms with Crippen molar-refractivity contribution in [2.45, 2.75) is 31.3 Å². The summed E-state index contributed by atoms with van der Waals surface area (Å²) in [6.45, 7) is 4.73. The fourth-order valence-electron chi connectivity index (χ4n) is 2.49. The number of hydrogen-bond donors (Lipinski definition) is 1. The highest BCUT2D eigenvalue weighted by molar-refractivity contribution is 7.89. The van der Waals surface area contributed by atoms with E-state index in [-0.39, 0.29) is 4.90 Å². The SMILES string of the molecule is CC(C)(C)OC(=O)CNS(=O)(=O)c1ccc2oc3ccccc3c2c1. The van der Waals surface area contributed by atoms with Crippen LogP contribution < -0.4 is 4.72 Å². The van der Waals surface area contributed by atoms with Crippen molar-refractivity contribution < 1.29 is 22.4 Å². The predicted molar refractivity (Wildman–Crippen MR) is 94.8 cm³/mol. The molecule has 1 heterocycles. The van der Waals surface area contributed by atoms with Crippen molar-refractivity contribution in [1.29, 1.82) is 0 Å². The second-order valence-electron chi connectivity index (χ2n) is 6.67. The summed E-state index contributed by atoms with van der Waals surface area (Å²) in [6.07, 6.45) is 0. The molecular formula is C18H19NO5S. The highest BCUT2D eigenvalue weighted by Crippen LogP contribution is 2.30. The second-order valence-corrected chi connectivity index (χ2v) is 8.43. The molecule has 0 spiro atoms. The number of para-hydroxylation sites is 1. The Kier molecular flexibility index (Phi) is 4.30. The summed E-state index contributed by atoms with van der Waals surface area (Å²) in [5.74, 6) is -0.633. The maximum absolute atomic E-state index is 12.5. The Hall–Kier alpha value is -2.38. The molecule has 25 heavy (non-hydrogen) atoms. The molecule has 1 aromatic heterocycles. The average molecular weight is 361 g/mol. The highest BCUT2D eigenvalue weighted by atomic mass is 32.2. The van der Waals surface area contributed by atoms with Crippen LogP contribution in [-0.4, -0.2) is 26.5 Å². The Labute approximate surface area is 145 Å². The number of benzene rings is 2. The third-order valence-corrected chi connectivity index (χ3v) is 4.88. The molecule has 0 atom stereocenters. The van der Waals surface area contributed by atoms with Gasteiger partial charge in [-0.15, -0.1) is 0 Å². The van der Waals surface area contributed by atoms with Crippen molar-refractivity contribution in [3.8, 4) is 0 Å². The van der Waals surface area contributed by atoms with Gasteiger partial charge in [0.25, 0.3) is 0 Å². The molecule has 0 saturated heterocycles. The van der Waals surface area contributed by atoms with E-state index in [4.69, 9.17) is 9.15 Å². The van der Waals surface area contributed by atoms with Crippen LogP contribution in [0.1, 0.15) is 20.8 Å². The van der Waals surface area contributed by atoms with Gasteiger partial charge >= 0.3 is 5.97 Å². The van der Waals surface area contributed by atoms with Gasteiger partial charge in [-0.3, -0.25) is 4.79 Å². The van der Waals surface area contributed by atoms with Crippen molar-refractivity contribution >= 4 is 37.9 Å².